The lowest BCUT2D eigenvalue weighted by atomic mass is 9.82. The molecule has 0 aromatic heterocycles. The number of aliphatic hydroxyl groups excluding tert-OH is 1. The molecule has 1 aromatic rings. The lowest BCUT2D eigenvalue weighted by Gasteiger charge is -2.30. The molecule has 0 fully saturated rings. The zero-order valence-electron chi connectivity index (χ0n) is 16.3. The van der Waals surface area contributed by atoms with Crippen molar-refractivity contribution in [2.45, 2.75) is 38.6 Å². The summed E-state index contributed by atoms with van der Waals surface area (Å²) in [4.78, 5) is 2.18. The summed E-state index contributed by atoms with van der Waals surface area (Å²) in [5.74, 6) is 1.26. The summed E-state index contributed by atoms with van der Waals surface area (Å²) >= 11 is 5.67. The molecule has 144 valence electrons. The van der Waals surface area contributed by atoms with Crippen molar-refractivity contribution in [3.05, 3.63) is 35.9 Å². The Kier molecular flexibility index (Phi) is 11.0. The molecule has 2 rings (SSSR count). The molecule has 0 aliphatic heterocycles. The number of aliphatic hydroxyl groups is 1. The molecule has 1 N–H and O–H groups in total. The topological polar surface area (TPSA) is 32.7 Å². The van der Waals surface area contributed by atoms with Crippen LogP contribution in [0.3, 0.4) is 0 Å². The molecule has 0 saturated heterocycles. The molecule has 2 unspecified atom stereocenters. The molecule has 0 radical (unpaired) electrons. The molecule has 1 aromatic carbocycles. The van der Waals surface area contributed by atoms with E-state index in [1.807, 2.05) is 12.1 Å². The Morgan fingerprint density at radius 3 is 2.40 bits per heavy atom. The maximum atomic E-state index is 9.87. The monoisotopic (exact) mass is 405 g/mol. The summed E-state index contributed by atoms with van der Waals surface area (Å²) in [6.45, 7) is 7.23. The number of nitrogens with zero attached hydrogens (tertiary/aromatic N) is 1. The van der Waals surface area contributed by atoms with E-state index in [1.54, 1.807) is 7.11 Å². The predicted molar refractivity (Wildman–Crippen MR) is 115 cm³/mol. The fourth-order valence-corrected chi connectivity index (χ4v) is 2.75. The number of hydrogen-bond acceptors (Lipinski definition) is 3. The van der Waals surface area contributed by atoms with Gasteiger partial charge in [0.05, 0.1) is 13.2 Å². The first kappa shape index (κ1) is 24.5. The number of ether oxygens (including phenoxy) is 1. The quantitative estimate of drug-likeness (QED) is 0.571. The van der Waals surface area contributed by atoms with Crippen LogP contribution in [0.5, 0.6) is 5.75 Å². The lowest BCUT2D eigenvalue weighted by molar-refractivity contribution is 0.142. The third-order valence-corrected chi connectivity index (χ3v) is 3.59. The average Bonchev–Trinajstić information content (AvgIpc) is 2.45. The minimum absolute atomic E-state index is 0. The number of methoxy groups -OCH3 is 1. The highest BCUT2D eigenvalue weighted by Gasteiger charge is 2.24. The van der Waals surface area contributed by atoms with Crippen LogP contribution in [0.1, 0.15) is 18.4 Å². The average molecular weight is 406 g/mol. The molecular weight excluding hydrogens is 373 g/mol. The minimum atomic E-state index is -1.14. The summed E-state index contributed by atoms with van der Waals surface area (Å²) in [5.41, 5.74) is 2.54. The fourth-order valence-electron chi connectivity index (χ4n) is 2.75. The summed E-state index contributed by atoms with van der Waals surface area (Å²) in [7, 11) is 4.70. The number of benzene rings is 1. The molecule has 2 atom stereocenters. The Morgan fingerprint density at radius 1 is 1.28 bits per heavy atom. The number of rotatable bonds is 4. The van der Waals surface area contributed by atoms with Gasteiger partial charge in [0.15, 0.2) is 0 Å². The highest BCUT2D eigenvalue weighted by Crippen LogP contribution is 2.34. The van der Waals surface area contributed by atoms with Gasteiger partial charge in [-0.3, -0.25) is 0 Å². The van der Waals surface area contributed by atoms with Crippen LogP contribution in [0.25, 0.3) is 5.57 Å². The molecule has 0 heterocycles. The second-order valence-electron chi connectivity index (χ2n) is 7.54. The van der Waals surface area contributed by atoms with E-state index in [0.717, 1.165) is 25.1 Å². The summed E-state index contributed by atoms with van der Waals surface area (Å²) in [5, 5.41) is 9.87. The third kappa shape index (κ3) is 10.3. The van der Waals surface area contributed by atoms with E-state index in [4.69, 9.17) is 15.8 Å². The largest absolute Gasteiger partial charge is 0.497 e. The van der Waals surface area contributed by atoms with Crippen molar-refractivity contribution in [1.82, 2.24) is 4.90 Å². The maximum Gasteiger partial charge on any atom is 0.147 e. The second kappa shape index (κ2) is 11.2. The van der Waals surface area contributed by atoms with Crippen LogP contribution in [0, 0.1) is 5.92 Å². The van der Waals surface area contributed by atoms with Crippen molar-refractivity contribution in [3.63, 3.8) is 0 Å². The van der Waals surface area contributed by atoms with E-state index >= 15 is 0 Å². The Labute approximate surface area is 165 Å². The van der Waals surface area contributed by atoms with Gasteiger partial charge in [-0.05, 0) is 56.1 Å². The van der Waals surface area contributed by atoms with E-state index in [2.05, 4.69) is 56.8 Å². The van der Waals surface area contributed by atoms with Gasteiger partial charge >= 0.3 is 0 Å². The molecule has 1 aliphatic carbocycles. The first-order valence-electron chi connectivity index (χ1n) is 8.46. The van der Waals surface area contributed by atoms with E-state index in [0.29, 0.717) is 5.92 Å². The molecule has 6 heteroatoms. The van der Waals surface area contributed by atoms with E-state index in [9.17, 15) is 5.11 Å². The van der Waals surface area contributed by atoms with Gasteiger partial charge < -0.3 is 14.7 Å². The molecule has 0 spiro atoms. The van der Waals surface area contributed by atoms with Crippen LogP contribution in [-0.2, 0) is 0 Å². The van der Waals surface area contributed by atoms with Crippen LogP contribution in [0.2, 0.25) is 19.6 Å². The molecule has 25 heavy (non-hydrogen) atoms. The standard InChI is InChI=1S/C16H23NO2.C3H9ClSi.ClH/c1-17(2)11-13-9-14(18)7-8-16(13)12-5-4-6-15(10-12)19-3;1-5(2,3)4;/h4-6,8,10,13-14,18H,7,9,11H2,1-3H3;1-3H3;1H. The van der Waals surface area contributed by atoms with Crippen molar-refractivity contribution >= 4 is 36.4 Å². The smallest absolute Gasteiger partial charge is 0.147 e. The van der Waals surface area contributed by atoms with Crippen molar-refractivity contribution in [3.8, 4) is 5.75 Å². The minimum Gasteiger partial charge on any atom is -0.497 e. The first-order valence-corrected chi connectivity index (χ1v) is 13.0. The van der Waals surface area contributed by atoms with E-state index in [-0.39, 0.29) is 18.5 Å². The second-order valence-corrected chi connectivity index (χ2v) is 15.1. The first-order chi connectivity index (χ1) is 11.1. The SMILES string of the molecule is COc1cccc(C2=CCC(O)CC2CN(C)C)c1.C[Si](C)(C)Cl.Cl. The molecule has 0 bridgehead atoms. The van der Waals surface area contributed by atoms with Gasteiger partial charge in [-0.1, -0.05) is 37.8 Å². The van der Waals surface area contributed by atoms with Gasteiger partial charge in [0.2, 0.25) is 0 Å². The molecule has 0 amide bonds. The molecule has 3 nitrogen and oxygen atoms in total. The maximum absolute atomic E-state index is 9.87. The summed E-state index contributed by atoms with van der Waals surface area (Å²) in [6.07, 6.45) is 3.55. The van der Waals surface area contributed by atoms with Gasteiger partial charge in [-0.2, -0.15) is 11.1 Å². The van der Waals surface area contributed by atoms with Crippen molar-refractivity contribution in [2.24, 2.45) is 5.92 Å². The Hall–Kier alpha value is -0.523. The van der Waals surface area contributed by atoms with Gasteiger partial charge in [0.25, 0.3) is 0 Å². The van der Waals surface area contributed by atoms with Gasteiger partial charge in [0.1, 0.15) is 13.1 Å². The Balaban J connectivity index is 0.000000848. The summed E-state index contributed by atoms with van der Waals surface area (Å²) in [6, 6.07) is 8.18. The van der Waals surface area contributed by atoms with E-state index < -0.39 is 7.38 Å². The summed E-state index contributed by atoms with van der Waals surface area (Å²) < 4.78 is 5.30. The highest BCUT2D eigenvalue weighted by molar-refractivity contribution is 7.18. The predicted octanol–water partition coefficient (Wildman–Crippen LogP) is 4.89. The third-order valence-electron chi connectivity index (χ3n) is 3.59. The van der Waals surface area contributed by atoms with Crippen LogP contribution in [-0.4, -0.2) is 51.2 Å². The van der Waals surface area contributed by atoms with Crippen molar-refractivity contribution in [1.29, 1.82) is 0 Å². The van der Waals surface area contributed by atoms with Crippen LogP contribution in [0.4, 0.5) is 0 Å². The van der Waals surface area contributed by atoms with Gasteiger partial charge in [0, 0.05) is 6.54 Å². The zero-order chi connectivity index (χ0) is 18.3. The Morgan fingerprint density at radius 2 is 1.88 bits per heavy atom. The van der Waals surface area contributed by atoms with Crippen LogP contribution in [0.15, 0.2) is 30.3 Å². The normalized spacial score (nSPS) is 20.1. The molecule has 0 saturated carbocycles. The van der Waals surface area contributed by atoms with Crippen LogP contribution >= 0.6 is 23.5 Å². The van der Waals surface area contributed by atoms with Crippen LogP contribution < -0.4 is 4.74 Å². The zero-order valence-corrected chi connectivity index (χ0v) is 18.8. The fraction of sp³-hybridized carbons (Fsp3) is 0.579. The lowest BCUT2D eigenvalue weighted by Crippen LogP contribution is -2.28. The van der Waals surface area contributed by atoms with Gasteiger partial charge in [-0.15, -0.1) is 12.4 Å². The molecular formula is C19H33Cl2NO2Si. The number of halogens is 2. The van der Waals surface area contributed by atoms with Gasteiger partial charge in [-0.25, -0.2) is 0 Å². The Bertz CT molecular complexity index is 538. The van der Waals surface area contributed by atoms with Crippen molar-refractivity contribution < 1.29 is 9.84 Å². The molecule has 1 aliphatic rings. The number of hydrogen-bond donors (Lipinski definition) is 1. The highest BCUT2D eigenvalue weighted by atomic mass is 35.6. The van der Waals surface area contributed by atoms with E-state index in [1.165, 1.54) is 11.1 Å². The van der Waals surface area contributed by atoms with Crippen molar-refractivity contribution in [2.75, 3.05) is 27.7 Å².